The summed E-state index contributed by atoms with van der Waals surface area (Å²) < 4.78 is 0. The minimum atomic E-state index is -0.00663. The fourth-order valence-corrected chi connectivity index (χ4v) is 3.52. The number of nitrogens with one attached hydrogen (secondary N) is 1. The first-order chi connectivity index (χ1) is 11.3. The summed E-state index contributed by atoms with van der Waals surface area (Å²) in [6.07, 6.45) is 15.8. The molecule has 0 amide bonds. The van der Waals surface area contributed by atoms with Crippen LogP contribution in [0, 0.1) is 0 Å². The van der Waals surface area contributed by atoms with Crippen molar-refractivity contribution in [2.45, 2.75) is 96.9 Å². The molecular formula is C20H42N2Si. The van der Waals surface area contributed by atoms with Gasteiger partial charge >= 0.3 is 0 Å². The van der Waals surface area contributed by atoms with Crippen LogP contribution in [-0.2, 0) is 0 Å². The first kappa shape index (κ1) is 22.4. The summed E-state index contributed by atoms with van der Waals surface area (Å²) in [4.78, 5) is 4.85. The molecule has 0 fully saturated rings. The maximum atomic E-state index is 4.85. The van der Waals surface area contributed by atoms with Crippen LogP contribution in [0.5, 0.6) is 0 Å². The van der Waals surface area contributed by atoms with Crippen molar-refractivity contribution >= 4 is 15.4 Å². The van der Waals surface area contributed by atoms with Crippen molar-refractivity contribution in [3.63, 3.8) is 0 Å². The highest BCUT2D eigenvalue weighted by Crippen LogP contribution is 2.04. The average Bonchev–Trinajstić information content (AvgIpc) is 2.57. The van der Waals surface area contributed by atoms with Crippen molar-refractivity contribution in [3.8, 4) is 0 Å². The summed E-state index contributed by atoms with van der Waals surface area (Å²) >= 11 is 0. The van der Waals surface area contributed by atoms with Crippen molar-refractivity contribution in [1.82, 2.24) is 5.32 Å². The monoisotopic (exact) mass is 338 g/mol. The van der Waals surface area contributed by atoms with Crippen LogP contribution in [0.15, 0.2) is 17.3 Å². The zero-order valence-corrected chi connectivity index (χ0v) is 17.5. The predicted octanol–water partition coefficient (Wildman–Crippen LogP) is 5.43. The van der Waals surface area contributed by atoms with Gasteiger partial charge in [0, 0.05) is 29.0 Å². The lowest BCUT2D eigenvalue weighted by molar-refractivity contribution is 0.618. The molecule has 0 aliphatic heterocycles. The third-order valence-electron chi connectivity index (χ3n) is 4.25. The first-order valence-corrected chi connectivity index (χ1v) is 12.0. The van der Waals surface area contributed by atoms with Crippen LogP contribution in [0.3, 0.4) is 0 Å². The summed E-state index contributed by atoms with van der Waals surface area (Å²) in [5.74, 6) is 1.27. The lowest BCUT2D eigenvalue weighted by Crippen LogP contribution is -2.25. The van der Waals surface area contributed by atoms with Crippen LogP contribution in [0.2, 0.25) is 6.04 Å². The maximum Gasteiger partial charge on any atom is 0.0962 e. The Balaban J connectivity index is 3.88. The molecule has 2 nitrogen and oxygen atoms in total. The van der Waals surface area contributed by atoms with E-state index in [2.05, 4.69) is 31.4 Å². The zero-order valence-electron chi connectivity index (χ0n) is 16.0. The van der Waals surface area contributed by atoms with Crippen molar-refractivity contribution in [1.29, 1.82) is 0 Å². The molecule has 0 unspecified atom stereocenters. The average molecular weight is 339 g/mol. The van der Waals surface area contributed by atoms with Gasteiger partial charge in [-0.3, -0.25) is 4.99 Å². The highest BCUT2D eigenvalue weighted by atomic mass is 28.2. The van der Waals surface area contributed by atoms with E-state index in [4.69, 9.17) is 4.99 Å². The van der Waals surface area contributed by atoms with Crippen molar-refractivity contribution in [3.05, 3.63) is 12.3 Å². The highest BCUT2D eigenvalue weighted by molar-refractivity contribution is 6.41. The van der Waals surface area contributed by atoms with Gasteiger partial charge < -0.3 is 5.32 Å². The molecule has 0 spiro atoms. The van der Waals surface area contributed by atoms with Crippen LogP contribution in [0.1, 0.15) is 90.9 Å². The minimum absolute atomic E-state index is 0.00663. The third-order valence-corrected chi connectivity index (χ3v) is 5.56. The quantitative estimate of drug-likeness (QED) is 0.163. The molecular weight excluding hydrogens is 296 g/mol. The second kappa shape index (κ2) is 19.5. The molecule has 23 heavy (non-hydrogen) atoms. The van der Waals surface area contributed by atoms with Crippen molar-refractivity contribution in [2.24, 2.45) is 4.99 Å². The van der Waals surface area contributed by atoms with Crippen LogP contribution in [0.4, 0.5) is 0 Å². The third kappa shape index (κ3) is 17.6. The Morgan fingerprint density at radius 2 is 1.57 bits per heavy atom. The van der Waals surface area contributed by atoms with Gasteiger partial charge in [-0.2, -0.15) is 0 Å². The number of rotatable bonds is 17. The molecule has 0 rings (SSSR count). The van der Waals surface area contributed by atoms with Gasteiger partial charge in [-0.05, 0) is 19.3 Å². The molecule has 0 aliphatic carbocycles. The summed E-state index contributed by atoms with van der Waals surface area (Å²) in [6.45, 7) is 10.5. The Bertz CT molecular complexity index is 277. The lowest BCUT2D eigenvalue weighted by Gasteiger charge is -2.10. The summed E-state index contributed by atoms with van der Waals surface area (Å²) in [5, 5.41) is 3.62. The normalized spacial score (nSPS) is 12.2. The Hall–Kier alpha value is -0.573. The van der Waals surface area contributed by atoms with E-state index in [1.165, 1.54) is 82.5 Å². The van der Waals surface area contributed by atoms with Gasteiger partial charge in [-0.25, -0.2) is 0 Å². The van der Waals surface area contributed by atoms with Crippen LogP contribution < -0.4 is 5.32 Å². The summed E-state index contributed by atoms with van der Waals surface area (Å²) in [5.41, 5.74) is 2.16. The van der Waals surface area contributed by atoms with E-state index >= 15 is 0 Å². The Kier molecular flexibility index (Phi) is 19.0. The largest absolute Gasteiger partial charge is 0.374 e. The van der Waals surface area contributed by atoms with Gasteiger partial charge in [0.2, 0.25) is 0 Å². The van der Waals surface area contributed by atoms with Crippen LogP contribution >= 0.6 is 0 Å². The highest BCUT2D eigenvalue weighted by Gasteiger charge is 1.99. The topological polar surface area (TPSA) is 24.4 Å². The Morgan fingerprint density at radius 1 is 0.913 bits per heavy atom. The molecule has 0 saturated heterocycles. The summed E-state index contributed by atoms with van der Waals surface area (Å²) in [7, 11) is -0.00663. The van der Waals surface area contributed by atoms with E-state index in [9.17, 15) is 0 Å². The molecule has 0 aromatic rings. The van der Waals surface area contributed by atoms with Gasteiger partial charge in [-0.15, -0.1) is 12.3 Å². The van der Waals surface area contributed by atoms with E-state index < -0.39 is 0 Å². The van der Waals surface area contributed by atoms with Crippen LogP contribution in [0.25, 0.3) is 0 Å². The van der Waals surface area contributed by atoms with Crippen molar-refractivity contribution in [2.75, 3.05) is 13.1 Å². The zero-order chi connectivity index (χ0) is 17.0. The molecule has 1 N–H and O–H groups in total. The predicted molar refractivity (Wildman–Crippen MR) is 111 cm³/mol. The van der Waals surface area contributed by atoms with Gasteiger partial charge in [0.1, 0.15) is 0 Å². The molecule has 3 heteroatoms. The molecule has 0 radical (unpaired) electrons. The number of unbranched alkanes of at least 4 members (excludes halogenated alkanes) is 8. The van der Waals surface area contributed by atoms with E-state index in [1.54, 1.807) is 0 Å². The molecule has 0 aliphatic rings. The molecule has 0 heterocycles. The molecule has 0 bridgehead atoms. The Labute approximate surface area is 148 Å². The van der Waals surface area contributed by atoms with Crippen molar-refractivity contribution < 1.29 is 0 Å². The molecule has 0 aromatic heterocycles. The molecule has 0 atom stereocenters. The van der Waals surface area contributed by atoms with Gasteiger partial charge in [0.05, 0.1) is 5.84 Å². The molecule has 0 aromatic carbocycles. The van der Waals surface area contributed by atoms with Gasteiger partial charge in [0.15, 0.2) is 0 Å². The second-order valence-electron chi connectivity index (χ2n) is 6.62. The number of nitrogens with zero attached hydrogens (tertiary/aromatic N) is 1. The molecule has 0 saturated carbocycles. The maximum absolute atomic E-state index is 4.85. The molecule has 136 valence electrons. The van der Waals surface area contributed by atoms with E-state index in [0.29, 0.717) is 0 Å². The fraction of sp³-hybridized carbons (Fsp3) is 0.850. The summed E-state index contributed by atoms with van der Waals surface area (Å²) in [6, 6.07) is 1.37. The SMILES string of the molecule is C=C[SiH2]CCCC(=NCCCCCCC)NCCCCCCC. The fourth-order valence-electron chi connectivity index (χ4n) is 2.70. The standard InChI is InChI=1S/C20H42N2Si/c1-4-7-9-11-13-17-21-20(16-15-19-23-6-3)22-18-14-12-10-8-5-2/h6H,3-5,7-19,23H2,1-2H3,(H,21,22). The second-order valence-corrected chi connectivity index (χ2v) is 8.48. The van der Waals surface area contributed by atoms with Gasteiger partial charge in [-0.1, -0.05) is 71.3 Å². The smallest absolute Gasteiger partial charge is 0.0962 e. The van der Waals surface area contributed by atoms with Gasteiger partial charge in [0.25, 0.3) is 0 Å². The number of aliphatic imine (C=N–C) groups is 1. The number of hydrogen-bond donors (Lipinski definition) is 1. The van der Waals surface area contributed by atoms with E-state index in [-0.39, 0.29) is 9.52 Å². The van der Waals surface area contributed by atoms with E-state index in [1.807, 2.05) is 0 Å². The number of amidine groups is 1. The number of hydrogen-bond acceptors (Lipinski definition) is 1. The Morgan fingerprint density at radius 3 is 2.22 bits per heavy atom. The van der Waals surface area contributed by atoms with Crippen LogP contribution in [-0.4, -0.2) is 28.4 Å². The van der Waals surface area contributed by atoms with E-state index in [0.717, 1.165) is 19.5 Å². The minimum Gasteiger partial charge on any atom is -0.374 e. The lowest BCUT2D eigenvalue weighted by atomic mass is 10.1. The first-order valence-electron chi connectivity index (χ1n) is 10.2.